The van der Waals surface area contributed by atoms with Crippen molar-refractivity contribution in [2.75, 3.05) is 12.4 Å². The number of anilines is 1. The molecule has 41 heavy (non-hydrogen) atoms. The minimum atomic E-state index is -0.411. The summed E-state index contributed by atoms with van der Waals surface area (Å²) in [6.07, 6.45) is 7.02. The van der Waals surface area contributed by atoms with Crippen molar-refractivity contribution >= 4 is 33.7 Å². The number of hydrogen-bond donors (Lipinski definition) is 3. The Morgan fingerprint density at radius 2 is 1.90 bits per heavy atom. The highest BCUT2D eigenvalue weighted by Gasteiger charge is 2.19. The number of aromatic nitrogens is 7. The lowest BCUT2D eigenvalue weighted by atomic mass is 9.92. The van der Waals surface area contributed by atoms with E-state index in [1.165, 1.54) is 19.2 Å². The highest BCUT2D eigenvalue weighted by Crippen LogP contribution is 2.33. The van der Waals surface area contributed by atoms with Crippen LogP contribution in [0.1, 0.15) is 27.2 Å². The summed E-state index contributed by atoms with van der Waals surface area (Å²) in [5.74, 6) is 0.414. The van der Waals surface area contributed by atoms with Gasteiger partial charge < -0.3 is 15.0 Å². The molecule has 0 fully saturated rings. The van der Waals surface area contributed by atoms with E-state index in [1.807, 2.05) is 32.9 Å². The normalized spacial score (nSPS) is 11.7. The maximum atomic E-state index is 14.3. The van der Waals surface area contributed by atoms with Gasteiger partial charge in [-0.2, -0.15) is 5.10 Å². The molecule has 11 heteroatoms. The number of H-pyrrole nitrogens is 2. The van der Waals surface area contributed by atoms with E-state index in [0.717, 1.165) is 16.5 Å². The van der Waals surface area contributed by atoms with Crippen LogP contribution in [-0.2, 0) is 4.79 Å². The third-order valence-corrected chi connectivity index (χ3v) is 6.48. The predicted octanol–water partition coefficient (Wildman–Crippen LogP) is 6.15. The second-order valence-corrected chi connectivity index (χ2v) is 11.0. The van der Waals surface area contributed by atoms with E-state index < -0.39 is 5.82 Å². The van der Waals surface area contributed by atoms with Gasteiger partial charge >= 0.3 is 0 Å². The van der Waals surface area contributed by atoms with Crippen LogP contribution >= 0.6 is 0 Å². The van der Waals surface area contributed by atoms with Crippen LogP contribution < -0.4 is 10.1 Å². The van der Waals surface area contributed by atoms with Crippen LogP contribution in [0.15, 0.2) is 61.2 Å². The van der Waals surface area contributed by atoms with Crippen LogP contribution in [0, 0.1) is 11.2 Å². The number of methoxy groups -OCH3 is 1. The molecule has 0 saturated carbocycles. The van der Waals surface area contributed by atoms with E-state index in [2.05, 4.69) is 35.5 Å². The number of nitrogens with zero attached hydrogens (tertiary/aromatic N) is 5. The van der Waals surface area contributed by atoms with Crippen molar-refractivity contribution in [2.24, 2.45) is 5.41 Å². The number of ether oxygens (including phenoxy) is 1. The predicted molar refractivity (Wildman–Crippen MR) is 155 cm³/mol. The van der Waals surface area contributed by atoms with Crippen LogP contribution in [0.25, 0.3) is 56.0 Å². The highest BCUT2D eigenvalue weighted by atomic mass is 19.1. The van der Waals surface area contributed by atoms with Gasteiger partial charge in [0.1, 0.15) is 22.8 Å². The molecule has 3 N–H and O–H groups in total. The Labute approximate surface area is 234 Å². The number of benzene rings is 1. The standard InChI is InChI=1S/C30H27FN8O2/c1-30(2,3)12-25(40)35-19-8-17(13-32-14-19)23-11-22-24(15-34-23)38-39-27(22)29-36-26-21(5-6-33-28(26)37-29)16-7-18(31)10-20(9-16)41-4/h5-11,13-15H,12H2,1-4H3,(H,35,40)(H,38,39)(H,33,36,37). The van der Waals surface area contributed by atoms with Crippen molar-refractivity contribution in [1.29, 1.82) is 0 Å². The molecule has 0 radical (unpaired) electrons. The van der Waals surface area contributed by atoms with Crippen LogP contribution in [0.5, 0.6) is 5.75 Å². The lowest BCUT2D eigenvalue weighted by Crippen LogP contribution is -2.19. The Balaban J connectivity index is 1.37. The van der Waals surface area contributed by atoms with Gasteiger partial charge in [-0.25, -0.2) is 14.4 Å². The molecule has 6 rings (SSSR count). The summed E-state index contributed by atoms with van der Waals surface area (Å²) in [7, 11) is 1.49. The first-order valence-corrected chi connectivity index (χ1v) is 13.0. The minimum absolute atomic E-state index is 0.0773. The van der Waals surface area contributed by atoms with Crippen LogP contribution in [0.3, 0.4) is 0 Å². The van der Waals surface area contributed by atoms with Gasteiger partial charge in [0.2, 0.25) is 5.91 Å². The molecule has 5 aromatic heterocycles. The molecule has 0 saturated heterocycles. The first-order valence-electron chi connectivity index (χ1n) is 13.0. The van der Waals surface area contributed by atoms with Gasteiger partial charge in [-0.1, -0.05) is 20.8 Å². The summed E-state index contributed by atoms with van der Waals surface area (Å²) in [5.41, 5.74) is 5.58. The van der Waals surface area contributed by atoms with Gasteiger partial charge in [0.25, 0.3) is 0 Å². The zero-order chi connectivity index (χ0) is 28.7. The molecule has 0 aliphatic heterocycles. The molecule has 0 unspecified atom stereocenters. The Hall–Kier alpha value is -5.19. The maximum absolute atomic E-state index is 14.3. The van der Waals surface area contributed by atoms with Gasteiger partial charge in [-0.05, 0) is 41.3 Å². The van der Waals surface area contributed by atoms with E-state index >= 15 is 0 Å². The molecule has 6 aromatic rings. The summed E-state index contributed by atoms with van der Waals surface area (Å²) in [6.45, 7) is 6.04. The molecule has 0 aliphatic carbocycles. The molecule has 10 nitrogen and oxygen atoms in total. The zero-order valence-corrected chi connectivity index (χ0v) is 22.9. The monoisotopic (exact) mass is 550 g/mol. The molecule has 0 aliphatic rings. The summed E-state index contributed by atoms with van der Waals surface area (Å²) >= 11 is 0. The van der Waals surface area contributed by atoms with Crippen molar-refractivity contribution < 1.29 is 13.9 Å². The fraction of sp³-hybridized carbons (Fsp3) is 0.200. The van der Waals surface area contributed by atoms with Crippen LogP contribution in [0.2, 0.25) is 0 Å². The van der Waals surface area contributed by atoms with Crippen molar-refractivity contribution in [2.45, 2.75) is 27.2 Å². The number of nitrogens with one attached hydrogen (secondary N) is 3. The number of hydrogen-bond acceptors (Lipinski definition) is 7. The highest BCUT2D eigenvalue weighted by molar-refractivity contribution is 5.97. The smallest absolute Gasteiger partial charge is 0.224 e. The quantitative estimate of drug-likeness (QED) is 0.226. The average molecular weight is 551 g/mol. The molecule has 1 aromatic carbocycles. The Morgan fingerprint density at radius 1 is 1.05 bits per heavy atom. The van der Waals surface area contributed by atoms with E-state index in [-0.39, 0.29) is 11.3 Å². The number of amides is 1. The first-order chi connectivity index (χ1) is 19.7. The summed E-state index contributed by atoms with van der Waals surface area (Å²) in [5, 5.41) is 11.2. The summed E-state index contributed by atoms with van der Waals surface area (Å²) in [6, 6.07) is 10.0. The Kier molecular flexibility index (Phi) is 6.41. The van der Waals surface area contributed by atoms with E-state index in [1.54, 1.807) is 36.9 Å². The maximum Gasteiger partial charge on any atom is 0.224 e. The minimum Gasteiger partial charge on any atom is -0.497 e. The number of carbonyl (C=O) groups excluding carboxylic acids is 1. The SMILES string of the molecule is COc1cc(F)cc(-c2ccnc3[nH]c(-c4n[nH]c5cnc(-c6cncc(NC(=O)CC(C)(C)C)c6)cc45)nc23)c1. The van der Waals surface area contributed by atoms with Gasteiger partial charge in [-0.3, -0.25) is 19.9 Å². The lowest BCUT2D eigenvalue weighted by molar-refractivity contribution is -0.117. The molecular weight excluding hydrogens is 523 g/mol. The van der Waals surface area contributed by atoms with E-state index in [0.29, 0.717) is 57.4 Å². The molecule has 206 valence electrons. The second-order valence-electron chi connectivity index (χ2n) is 11.0. The van der Waals surface area contributed by atoms with E-state index in [9.17, 15) is 9.18 Å². The Morgan fingerprint density at radius 3 is 2.71 bits per heavy atom. The summed E-state index contributed by atoms with van der Waals surface area (Å²) in [4.78, 5) is 33.8. The van der Waals surface area contributed by atoms with Gasteiger partial charge in [0.15, 0.2) is 11.5 Å². The fourth-order valence-electron chi connectivity index (χ4n) is 4.68. The average Bonchev–Trinajstić information content (AvgIpc) is 3.55. The zero-order valence-electron chi connectivity index (χ0n) is 22.9. The van der Waals surface area contributed by atoms with Crippen molar-refractivity contribution in [3.05, 3.63) is 67.0 Å². The third-order valence-electron chi connectivity index (χ3n) is 6.48. The first kappa shape index (κ1) is 26.1. The van der Waals surface area contributed by atoms with Crippen LogP contribution in [0.4, 0.5) is 10.1 Å². The number of carbonyl (C=O) groups is 1. The summed E-state index contributed by atoms with van der Waals surface area (Å²) < 4.78 is 19.5. The number of halogens is 1. The molecule has 1 amide bonds. The van der Waals surface area contributed by atoms with E-state index in [4.69, 9.17) is 9.72 Å². The molecule has 5 heterocycles. The topological polar surface area (TPSA) is 134 Å². The van der Waals surface area contributed by atoms with Crippen molar-refractivity contribution in [3.8, 4) is 39.7 Å². The molecule has 0 atom stereocenters. The number of rotatable bonds is 6. The number of imidazole rings is 1. The lowest BCUT2D eigenvalue weighted by Gasteiger charge is -2.17. The van der Waals surface area contributed by atoms with Gasteiger partial charge in [-0.15, -0.1) is 0 Å². The van der Waals surface area contributed by atoms with Crippen molar-refractivity contribution in [3.63, 3.8) is 0 Å². The third kappa shape index (κ3) is 5.33. The fourth-order valence-corrected chi connectivity index (χ4v) is 4.68. The largest absolute Gasteiger partial charge is 0.497 e. The van der Waals surface area contributed by atoms with Gasteiger partial charge in [0.05, 0.1) is 36.4 Å². The van der Waals surface area contributed by atoms with Gasteiger partial charge in [0, 0.05) is 41.4 Å². The molecule has 0 spiro atoms. The molecular formula is C30H27FN8O2. The number of aromatic amines is 2. The number of fused-ring (bicyclic) bond motifs is 2. The Bertz CT molecular complexity index is 1920. The second kappa shape index (κ2) is 10.1. The molecule has 0 bridgehead atoms. The van der Waals surface area contributed by atoms with Crippen LogP contribution in [-0.4, -0.2) is 48.1 Å². The number of pyridine rings is 3. The van der Waals surface area contributed by atoms with Crippen molar-refractivity contribution in [1.82, 2.24) is 35.1 Å².